The Kier molecular flexibility index (Phi) is 4.86. The standard InChI is InChI=1S/C24H23Cl2FN2O3/c1-22(15-6-5-7-16(26)18(15)27)19(20(30)31)29-23(10-3-2-4-11-23)24(22)14-9-8-13(25)12-17(14)28-21(24)32/h5-9,12,19,29H,2-4,10-11H2,1H3,(H,28,32)(H,30,31). The number of carbonyl (C=O) groups excluding carboxylic acids is 1. The smallest absolute Gasteiger partial charge is 0.321 e. The number of rotatable bonds is 2. The van der Waals surface area contributed by atoms with E-state index in [0.29, 0.717) is 29.1 Å². The number of nitrogens with one attached hydrogen (secondary N) is 2. The van der Waals surface area contributed by atoms with Gasteiger partial charge in [-0.3, -0.25) is 14.9 Å². The number of carboxylic acid groups (broad SMARTS) is 1. The van der Waals surface area contributed by atoms with E-state index >= 15 is 4.39 Å². The monoisotopic (exact) mass is 476 g/mol. The Morgan fingerprint density at radius 1 is 1.12 bits per heavy atom. The lowest BCUT2D eigenvalue weighted by molar-refractivity contribution is -0.141. The lowest BCUT2D eigenvalue weighted by atomic mass is 9.49. The summed E-state index contributed by atoms with van der Waals surface area (Å²) < 4.78 is 15.6. The van der Waals surface area contributed by atoms with Gasteiger partial charge in [0.25, 0.3) is 0 Å². The van der Waals surface area contributed by atoms with Crippen LogP contribution in [0, 0.1) is 5.82 Å². The van der Waals surface area contributed by atoms with Crippen LogP contribution in [0.1, 0.15) is 50.2 Å². The van der Waals surface area contributed by atoms with Gasteiger partial charge in [0.2, 0.25) is 5.91 Å². The molecule has 2 aromatic rings. The van der Waals surface area contributed by atoms with Crippen LogP contribution < -0.4 is 10.6 Å². The zero-order valence-electron chi connectivity index (χ0n) is 17.5. The highest BCUT2D eigenvalue weighted by atomic mass is 35.5. The lowest BCUT2D eigenvalue weighted by Crippen LogP contribution is -2.64. The molecule has 1 amide bonds. The van der Waals surface area contributed by atoms with Gasteiger partial charge in [-0.25, -0.2) is 4.39 Å². The van der Waals surface area contributed by atoms with Gasteiger partial charge >= 0.3 is 5.97 Å². The molecule has 3 unspecified atom stereocenters. The van der Waals surface area contributed by atoms with Gasteiger partial charge < -0.3 is 10.4 Å². The summed E-state index contributed by atoms with van der Waals surface area (Å²) in [5, 5.41) is 17.0. The molecule has 3 atom stereocenters. The molecule has 2 heterocycles. The summed E-state index contributed by atoms with van der Waals surface area (Å²) in [6, 6.07) is 8.50. The second-order valence-corrected chi connectivity index (χ2v) is 10.1. The normalized spacial score (nSPS) is 30.5. The summed E-state index contributed by atoms with van der Waals surface area (Å²) in [5.41, 5.74) is -2.39. The summed E-state index contributed by atoms with van der Waals surface area (Å²) in [6.07, 6.45) is 3.87. The first kappa shape index (κ1) is 21.7. The highest BCUT2D eigenvalue weighted by Crippen LogP contribution is 2.65. The van der Waals surface area contributed by atoms with Gasteiger partial charge in [0.05, 0.1) is 5.02 Å². The summed E-state index contributed by atoms with van der Waals surface area (Å²) >= 11 is 12.4. The minimum Gasteiger partial charge on any atom is -0.480 e. The summed E-state index contributed by atoms with van der Waals surface area (Å²) in [5.74, 6) is -2.18. The highest BCUT2D eigenvalue weighted by molar-refractivity contribution is 6.31. The van der Waals surface area contributed by atoms with Crippen LogP contribution in [-0.2, 0) is 20.4 Å². The van der Waals surface area contributed by atoms with Crippen molar-refractivity contribution in [3.63, 3.8) is 0 Å². The largest absolute Gasteiger partial charge is 0.480 e. The van der Waals surface area contributed by atoms with Crippen LogP contribution in [-0.4, -0.2) is 28.6 Å². The highest BCUT2D eigenvalue weighted by Gasteiger charge is 2.77. The van der Waals surface area contributed by atoms with Crippen LogP contribution in [0.5, 0.6) is 0 Å². The molecule has 0 bridgehead atoms. The van der Waals surface area contributed by atoms with Crippen molar-refractivity contribution < 1.29 is 19.1 Å². The molecule has 5 rings (SSSR count). The molecule has 8 heteroatoms. The number of hydrogen-bond acceptors (Lipinski definition) is 3. The van der Waals surface area contributed by atoms with E-state index in [9.17, 15) is 14.7 Å². The summed E-state index contributed by atoms with van der Waals surface area (Å²) in [6.45, 7) is 1.68. The number of hydrogen-bond donors (Lipinski definition) is 3. The van der Waals surface area contributed by atoms with E-state index in [1.165, 1.54) is 6.07 Å². The van der Waals surface area contributed by atoms with Crippen molar-refractivity contribution in [2.75, 3.05) is 5.32 Å². The Morgan fingerprint density at radius 2 is 1.84 bits per heavy atom. The molecule has 3 N–H and O–H groups in total. The molecule has 1 aliphatic carbocycles. The Bertz CT molecular complexity index is 1150. The van der Waals surface area contributed by atoms with E-state index in [0.717, 1.165) is 19.3 Å². The first-order chi connectivity index (χ1) is 15.2. The first-order valence-corrected chi connectivity index (χ1v) is 11.5. The summed E-state index contributed by atoms with van der Waals surface area (Å²) in [4.78, 5) is 26.7. The lowest BCUT2D eigenvalue weighted by Gasteiger charge is -2.50. The van der Waals surface area contributed by atoms with E-state index in [-0.39, 0.29) is 16.5 Å². The second-order valence-electron chi connectivity index (χ2n) is 9.26. The predicted octanol–water partition coefficient (Wildman–Crippen LogP) is 5.04. The molecule has 2 aromatic carbocycles. The second kappa shape index (κ2) is 7.17. The predicted molar refractivity (Wildman–Crippen MR) is 121 cm³/mol. The third-order valence-electron chi connectivity index (χ3n) is 7.93. The van der Waals surface area contributed by atoms with Gasteiger partial charge in [-0.2, -0.15) is 0 Å². The van der Waals surface area contributed by atoms with E-state index < -0.39 is 34.2 Å². The fraction of sp³-hybridized carbons (Fsp3) is 0.417. The molecule has 2 spiro atoms. The number of amides is 1. The van der Waals surface area contributed by atoms with Crippen molar-refractivity contribution in [2.45, 2.75) is 61.4 Å². The SMILES string of the molecule is CC1(c2cccc(Cl)c2F)C(C(=O)O)NC2(CCCCC2)C12C(=O)Nc1cc(Cl)ccc12. The molecular weight excluding hydrogens is 454 g/mol. The van der Waals surface area contributed by atoms with Crippen molar-refractivity contribution in [2.24, 2.45) is 0 Å². The van der Waals surface area contributed by atoms with Crippen LogP contribution >= 0.6 is 23.2 Å². The van der Waals surface area contributed by atoms with Crippen LogP contribution in [0.3, 0.4) is 0 Å². The summed E-state index contributed by atoms with van der Waals surface area (Å²) in [7, 11) is 0. The molecule has 5 nitrogen and oxygen atoms in total. The number of carboxylic acids is 1. The molecule has 3 aliphatic rings. The number of anilines is 1. The number of fused-ring (bicyclic) bond motifs is 3. The van der Waals surface area contributed by atoms with Crippen molar-refractivity contribution in [1.29, 1.82) is 0 Å². The number of aliphatic carboxylic acids is 1. The Labute approximate surface area is 195 Å². The molecule has 32 heavy (non-hydrogen) atoms. The van der Waals surface area contributed by atoms with Crippen molar-refractivity contribution in [3.05, 3.63) is 63.4 Å². The van der Waals surface area contributed by atoms with Crippen molar-refractivity contribution in [1.82, 2.24) is 5.32 Å². The quantitative estimate of drug-likeness (QED) is 0.567. The number of benzene rings is 2. The Balaban J connectivity index is 1.92. The average molecular weight is 477 g/mol. The van der Waals surface area contributed by atoms with Gasteiger partial charge in [0.15, 0.2) is 0 Å². The molecule has 2 aliphatic heterocycles. The maximum absolute atomic E-state index is 15.6. The third kappa shape index (κ3) is 2.49. The maximum atomic E-state index is 15.6. The molecule has 1 saturated carbocycles. The minimum absolute atomic E-state index is 0.109. The van der Waals surface area contributed by atoms with E-state index in [1.54, 1.807) is 37.3 Å². The van der Waals surface area contributed by atoms with Crippen LogP contribution in [0.15, 0.2) is 36.4 Å². The van der Waals surface area contributed by atoms with Gasteiger partial charge in [-0.1, -0.05) is 67.6 Å². The van der Waals surface area contributed by atoms with Gasteiger partial charge in [0.1, 0.15) is 17.3 Å². The molecule has 0 radical (unpaired) electrons. The average Bonchev–Trinajstić information content (AvgIpc) is 3.17. The fourth-order valence-corrected chi connectivity index (χ4v) is 7.11. The number of halogens is 3. The van der Waals surface area contributed by atoms with E-state index in [1.807, 2.05) is 0 Å². The molecule has 168 valence electrons. The van der Waals surface area contributed by atoms with Gasteiger partial charge in [0, 0.05) is 21.7 Å². The zero-order valence-corrected chi connectivity index (χ0v) is 19.0. The Morgan fingerprint density at radius 3 is 2.53 bits per heavy atom. The number of carbonyl (C=O) groups is 2. The van der Waals surface area contributed by atoms with Crippen LogP contribution in [0.2, 0.25) is 10.0 Å². The third-order valence-corrected chi connectivity index (χ3v) is 8.46. The first-order valence-electron chi connectivity index (χ1n) is 10.8. The van der Waals surface area contributed by atoms with Crippen molar-refractivity contribution in [3.8, 4) is 0 Å². The molecule has 1 saturated heterocycles. The molecule has 0 aromatic heterocycles. The van der Waals surface area contributed by atoms with Gasteiger partial charge in [-0.15, -0.1) is 0 Å². The molecular formula is C24H23Cl2FN2O3. The van der Waals surface area contributed by atoms with Crippen molar-refractivity contribution >= 4 is 40.8 Å². The topological polar surface area (TPSA) is 78.4 Å². The minimum atomic E-state index is -1.46. The Hall–Kier alpha value is -2.15. The fourth-order valence-electron chi connectivity index (χ4n) is 6.76. The van der Waals surface area contributed by atoms with Gasteiger partial charge in [-0.05, 0) is 42.2 Å². The maximum Gasteiger partial charge on any atom is 0.321 e. The van der Waals surface area contributed by atoms with E-state index in [4.69, 9.17) is 23.2 Å². The molecule has 2 fully saturated rings. The zero-order chi connectivity index (χ0) is 22.9. The van der Waals surface area contributed by atoms with E-state index in [2.05, 4.69) is 10.6 Å². The van der Waals surface area contributed by atoms with Crippen LogP contribution in [0.4, 0.5) is 10.1 Å². The van der Waals surface area contributed by atoms with Crippen LogP contribution in [0.25, 0.3) is 0 Å².